The Morgan fingerprint density at radius 3 is 2.69 bits per heavy atom. The van der Waals surface area contributed by atoms with Crippen LogP contribution >= 0.6 is 31.9 Å². The number of hydrogen-bond acceptors (Lipinski definition) is 2. The topological polar surface area (TPSA) is 26.3 Å². The summed E-state index contributed by atoms with van der Waals surface area (Å²) in [5.41, 5.74) is 1.54. The van der Waals surface area contributed by atoms with Crippen molar-refractivity contribution in [1.82, 2.24) is 0 Å². The Morgan fingerprint density at radius 2 is 2.12 bits per heavy atom. The van der Waals surface area contributed by atoms with Crippen molar-refractivity contribution in [2.75, 3.05) is 6.61 Å². The summed E-state index contributed by atoms with van der Waals surface area (Å²) in [6.07, 6.45) is 2.62. The molecule has 4 heteroatoms. The highest BCUT2D eigenvalue weighted by atomic mass is 79.9. The molecule has 0 spiro atoms. The number of allylic oxidation sites excluding steroid dienone is 1. The zero-order chi connectivity index (χ0) is 12.1. The van der Waals surface area contributed by atoms with Gasteiger partial charge < -0.3 is 4.74 Å². The summed E-state index contributed by atoms with van der Waals surface area (Å²) in [5, 5.41) is 0. The van der Waals surface area contributed by atoms with Gasteiger partial charge in [0.15, 0.2) is 0 Å². The van der Waals surface area contributed by atoms with Gasteiger partial charge in [-0.2, -0.15) is 0 Å². The molecule has 1 aromatic rings. The molecule has 0 N–H and O–H groups in total. The van der Waals surface area contributed by atoms with E-state index in [1.165, 1.54) is 0 Å². The molecule has 0 unspecified atom stereocenters. The number of hydrogen-bond donors (Lipinski definition) is 0. The van der Waals surface area contributed by atoms with E-state index in [2.05, 4.69) is 31.9 Å². The van der Waals surface area contributed by atoms with E-state index in [0.717, 1.165) is 26.5 Å². The monoisotopic (exact) mass is 346 g/mol. The van der Waals surface area contributed by atoms with E-state index in [4.69, 9.17) is 4.74 Å². The maximum atomic E-state index is 10.6. The minimum Gasteiger partial charge on any atom is -0.492 e. The van der Waals surface area contributed by atoms with Crippen LogP contribution in [0.25, 0.3) is 6.08 Å². The van der Waals surface area contributed by atoms with Gasteiger partial charge in [0.05, 0.1) is 11.1 Å². The van der Waals surface area contributed by atoms with Crippen LogP contribution in [0, 0.1) is 0 Å². The summed E-state index contributed by atoms with van der Waals surface area (Å²) in [5.74, 6) is 0.756. The first kappa shape index (κ1) is 13.5. The number of ether oxygens (including phenoxy) is 1. The lowest BCUT2D eigenvalue weighted by Crippen LogP contribution is -1.95. The van der Waals surface area contributed by atoms with E-state index >= 15 is 0 Å². The first-order valence-corrected chi connectivity index (χ1v) is 6.42. The minimum absolute atomic E-state index is 0.585. The number of halogens is 2. The molecule has 0 bridgehead atoms. The van der Waals surface area contributed by atoms with Crippen molar-refractivity contribution < 1.29 is 9.53 Å². The Kier molecular flexibility index (Phi) is 5.22. The number of aldehydes is 1. The molecule has 0 saturated heterocycles. The number of benzene rings is 1. The van der Waals surface area contributed by atoms with Crippen LogP contribution in [0.4, 0.5) is 0 Å². The molecule has 1 rings (SSSR count). The van der Waals surface area contributed by atoms with Gasteiger partial charge >= 0.3 is 0 Å². The van der Waals surface area contributed by atoms with Crippen molar-refractivity contribution in [2.45, 2.75) is 13.8 Å². The molecule has 0 radical (unpaired) electrons. The predicted molar refractivity (Wildman–Crippen MR) is 72.7 cm³/mol. The van der Waals surface area contributed by atoms with Gasteiger partial charge in [-0.1, -0.05) is 15.9 Å². The molecule has 0 heterocycles. The molecule has 0 saturated carbocycles. The summed E-state index contributed by atoms with van der Waals surface area (Å²) < 4.78 is 7.35. The van der Waals surface area contributed by atoms with Crippen molar-refractivity contribution in [3.63, 3.8) is 0 Å². The van der Waals surface area contributed by atoms with Crippen molar-refractivity contribution in [3.05, 3.63) is 32.2 Å². The third-order valence-electron chi connectivity index (χ3n) is 1.89. The number of carbonyl (C=O) groups excluding carboxylic acids is 1. The molecule has 16 heavy (non-hydrogen) atoms. The molecule has 0 fully saturated rings. The van der Waals surface area contributed by atoms with E-state index in [-0.39, 0.29) is 0 Å². The van der Waals surface area contributed by atoms with E-state index < -0.39 is 0 Å². The molecule has 0 aliphatic carbocycles. The third kappa shape index (κ3) is 3.46. The first-order valence-electron chi connectivity index (χ1n) is 4.83. The van der Waals surface area contributed by atoms with Crippen LogP contribution < -0.4 is 4.74 Å². The fourth-order valence-electron chi connectivity index (χ4n) is 1.26. The molecule has 0 aromatic heterocycles. The summed E-state index contributed by atoms with van der Waals surface area (Å²) in [7, 11) is 0. The average molecular weight is 348 g/mol. The van der Waals surface area contributed by atoms with Crippen LogP contribution in [-0.2, 0) is 4.79 Å². The lowest BCUT2D eigenvalue weighted by molar-refractivity contribution is -0.104. The number of rotatable bonds is 4. The molecular weight excluding hydrogens is 336 g/mol. The summed E-state index contributed by atoms with van der Waals surface area (Å²) >= 11 is 6.85. The van der Waals surface area contributed by atoms with Crippen LogP contribution in [0.15, 0.2) is 26.7 Å². The zero-order valence-electron chi connectivity index (χ0n) is 9.09. The van der Waals surface area contributed by atoms with Crippen LogP contribution in [0.2, 0.25) is 0 Å². The molecule has 0 aliphatic rings. The Labute approximate surface area is 112 Å². The minimum atomic E-state index is 0.585. The molecule has 0 amide bonds. The fraction of sp³-hybridized carbons (Fsp3) is 0.250. The fourth-order valence-corrected chi connectivity index (χ4v) is 2.64. The summed E-state index contributed by atoms with van der Waals surface area (Å²) in [4.78, 5) is 10.6. The third-order valence-corrected chi connectivity index (χ3v) is 2.94. The molecule has 86 valence electrons. The van der Waals surface area contributed by atoms with Gasteiger partial charge in [-0.15, -0.1) is 0 Å². The number of carbonyl (C=O) groups is 1. The van der Waals surface area contributed by atoms with Gasteiger partial charge in [-0.3, -0.25) is 4.79 Å². The predicted octanol–water partition coefficient (Wildman–Crippen LogP) is 4.21. The molecule has 0 aliphatic heterocycles. The quantitative estimate of drug-likeness (QED) is 0.602. The van der Waals surface area contributed by atoms with E-state index in [1.807, 2.05) is 19.1 Å². The Hall–Kier alpha value is -0.610. The van der Waals surface area contributed by atoms with Gasteiger partial charge in [0, 0.05) is 10.0 Å². The van der Waals surface area contributed by atoms with Crippen molar-refractivity contribution in [1.29, 1.82) is 0 Å². The second-order valence-corrected chi connectivity index (χ2v) is 5.02. The lowest BCUT2D eigenvalue weighted by atomic mass is 10.1. The SMILES string of the molecule is CCOc1c(Br)cc(Br)cc1C=C(C)C=O. The van der Waals surface area contributed by atoms with Gasteiger partial charge in [0.25, 0.3) is 0 Å². The van der Waals surface area contributed by atoms with E-state index in [9.17, 15) is 4.79 Å². The maximum Gasteiger partial charge on any atom is 0.145 e. The average Bonchev–Trinajstić information content (AvgIpc) is 2.23. The largest absolute Gasteiger partial charge is 0.492 e. The van der Waals surface area contributed by atoms with Gasteiger partial charge in [0.2, 0.25) is 0 Å². The summed E-state index contributed by atoms with van der Waals surface area (Å²) in [6, 6.07) is 3.83. The zero-order valence-corrected chi connectivity index (χ0v) is 12.3. The summed E-state index contributed by atoms with van der Waals surface area (Å²) in [6.45, 7) is 4.27. The van der Waals surface area contributed by atoms with Crippen molar-refractivity contribution in [2.24, 2.45) is 0 Å². The normalized spacial score (nSPS) is 11.4. The van der Waals surface area contributed by atoms with Crippen LogP contribution in [0.5, 0.6) is 5.75 Å². The highest BCUT2D eigenvalue weighted by Crippen LogP contribution is 2.34. The lowest BCUT2D eigenvalue weighted by Gasteiger charge is -2.10. The highest BCUT2D eigenvalue weighted by molar-refractivity contribution is 9.11. The van der Waals surface area contributed by atoms with Gasteiger partial charge in [0.1, 0.15) is 12.0 Å². The van der Waals surface area contributed by atoms with Crippen molar-refractivity contribution >= 4 is 44.2 Å². The molecular formula is C12H12Br2O2. The standard InChI is InChI=1S/C12H12Br2O2/c1-3-16-12-9(4-8(2)7-15)5-10(13)6-11(12)14/h4-7H,3H2,1-2H3. The van der Waals surface area contributed by atoms with Gasteiger partial charge in [-0.05, 0) is 53.6 Å². The first-order chi connectivity index (χ1) is 7.58. The van der Waals surface area contributed by atoms with Crippen LogP contribution in [0.3, 0.4) is 0 Å². The van der Waals surface area contributed by atoms with E-state index in [1.54, 1.807) is 13.0 Å². The molecule has 1 aromatic carbocycles. The van der Waals surface area contributed by atoms with E-state index in [0.29, 0.717) is 12.2 Å². The second-order valence-electron chi connectivity index (χ2n) is 3.25. The molecule has 2 nitrogen and oxygen atoms in total. The highest BCUT2D eigenvalue weighted by Gasteiger charge is 2.08. The van der Waals surface area contributed by atoms with Gasteiger partial charge in [-0.25, -0.2) is 0 Å². The Morgan fingerprint density at radius 1 is 1.44 bits per heavy atom. The Bertz CT molecular complexity index is 425. The molecule has 0 atom stereocenters. The smallest absolute Gasteiger partial charge is 0.145 e. The second kappa shape index (κ2) is 6.21. The van der Waals surface area contributed by atoms with Crippen LogP contribution in [-0.4, -0.2) is 12.9 Å². The van der Waals surface area contributed by atoms with Crippen molar-refractivity contribution in [3.8, 4) is 5.75 Å². The van der Waals surface area contributed by atoms with Crippen LogP contribution in [0.1, 0.15) is 19.4 Å². The Balaban J connectivity index is 3.28. The maximum absolute atomic E-state index is 10.6.